The maximum absolute atomic E-state index is 12.7. The fraction of sp³-hybridized carbons (Fsp3) is 0.429. The summed E-state index contributed by atoms with van der Waals surface area (Å²) in [6, 6.07) is 9.67. The summed E-state index contributed by atoms with van der Waals surface area (Å²) >= 11 is 0. The lowest BCUT2D eigenvalue weighted by molar-refractivity contribution is 0.0302. The van der Waals surface area contributed by atoms with Gasteiger partial charge in [0.1, 0.15) is 11.5 Å². The predicted molar refractivity (Wildman–Crippen MR) is 100 cm³/mol. The molecule has 0 aliphatic carbocycles. The molecule has 1 aromatic heterocycles. The highest BCUT2D eigenvalue weighted by Crippen LogP contribution is 2.32. The van der Waals surface area contributed by atoms with Crippen molar-refractivity contribution in [2.75, 3.05) is 40.0 Å². The minimum atomic E-state index is 0.0549. The molecular formula is C21H24N2O4. The SMILES string of the molecule is COc1ccc2c(c1)OCC(Cc1cc(C(=O)N3CCOCC3)ccn1)C2. The highest BCUT2D eigenvalue weighted by atomic mass is 16.5. The number of nitrogens with zero attached hydrogens (tertiary/aromatic N) is 2. The number of hydrogen-bond acceptors (Lipinski definition) is 5. The fourth-order valence-corrected chi connectivity index (χ4v) is 3.64. The van der Waals surface area contributed by atoms with Gasteiger partial charge in [-0.2, -0.15) is 0 Å². The number of pyridine rings is 1. The molecule has 1 fully saturated rings. The van der Waals surface area contributed by atoms with Crippen molar-refractivity contribution >= 4 is 5.91 Å². The molecule has 1 amide bonds. The van der Waals surface area contributed by atoms with Crippen molar-refractivity contribution in [1.82, 2.24) is 9.88 Å². The Bertz CT molecular complexity index is 818. The minimum absolute atomic E-state index is 0.0549. The Morgan fingerprint density at radius 2 is 2.11 bits per heavy atom. The number of hydrogen-bond donors (Lipinski definition) is 0. The molecule has 4 rings (SSSR count). The topological polar surface area (TPSA) is 60.9 Å². The Morgan fingerprint density at radius 3 is 2.93 bits per heavy atom. The van der Waals surface area contributed by atoms with Crippen LogP contribution in [0.4, 0.5) is 0 Å². The van der Waals surface area contributed by atoms with E-state index in [-0.39, 0.29) is 5.91 Å². The largest absolute Gasteiger partial charge is 0.497 e. The highest BCUT2D eigenvalue weighted by molar-refractivity contribution is 5.94. The second-order valence-corrected chi connectivity index (χ2v) is 7.00. The molecule has 6 nitrogen and oxygen atoms in total. The molecule has 142 valence electrons. The average Bonchev–Trinajstić information content (AvgIpc) is 2.73. The van der Waals surface area contributed by atoms with Crippen LogP contribution in [0.2, 0.25) is 0 Å². The van der Waals surface area contributed by atoms with Gasteiger partial charge in [-0.25, -0.2) is 0 Å². The molecule has 0 radical (unpaired) electrons. The molecule has 0 N–H and O–H groups in total. The van der Waals surface area contributed by atoms with Crippen LogP contribution in [0, 0.1) is 5.92 Å². The van der Waals surface area contributed by atoms with Crippen LogP contribution >= 0.6 is 0 Å². The second kappa shape index (κ2) is 7.96. The molecular weight excluding hydrogens is 344 g/mol. The van der Waals surface area contributed by atoms with Crippen LogP contribution in [-0.4, -0.2) is 55.8 Å². The fourth-order valence-electron chi connectivity index (χ4n) is 3.64. The molecule has 0 saturated carbocycles. The number of morpholine rings is 1. The normalized spacial score (nSPS) is 19.1. The maximum atomic E-state index is 12.7. The van der Waals surface area contributed by atoms with Crippen molar-refractivity contribution in [2.45, 2.75) is 12.8 Å². The third kappa shape index (κ3) is 4.06. The van der Waals surface area contributed by atoms with Crippen LogP contribution < -0.4 is 9.47 Å². The van der Waals surface area contributed by atoms with Gasteiger partial charge in [-0.3, -0.25) is 9.78 Å². The van der Waals surface area contributed by atoms with Crippen molar-refractivity contribution in [1.29, 1.82) is 0 Å². The monoisotopic (exact) mass is 368 g/mol. The molecule has 0 bridgehead atoms. The summed E-state index contributed by atoms with van der Waals surface area (Å²) in [6.07, 6.45) is 3.45. The number of carbonyl (C=O) groups excluding carboxylic acids is 1. The minimum Gasteiger partial charge on any atom is -0.497 e. The van der Waals surface area contributed by atoms with Gasteiger partial charge >= 0.3 is 0 Å². The zero-order valence-corrected chi connectivity index (χ0v) is 15.5. The zero-order valence-electron chi connectivity index (χ0n) is 15.5. The summed E-state index contributed by atoms with van der Waals surface area (Å²) in [4.78, 5) is 19.0. The van der Waals surface area contributed by atoms with E-state index in [0.29, 0.717) is 44.4 Å². The number of benzene rings is 1. The molecule has 2 aliphatic rings. The lowest BCUT2D eigenvalue weighted by Gasteiger charge is -2.27. The van der Waals surface area contributed by atoms with Crippen LogP contribution in [0.15, 0.2) is 36.5 Å². The first kappa shape index (κ1) is 17.8. The maximum Gasteiger partial charge on any atom is 0.254 e. The molecule has 1 aromatic carbocycles. The van der Waals surface area contributed by atoms with Crippen molar-refractivity contribution in [3.05, 3.63) is 53.3 Å². The van der Waals surface area contributed by atoms with Gasteiger partial charge in [0.05, 0.1) is 26.9 Å². The molecule has 0 spiro atoms. The molecule has 27 heavy (non-hydrogen) atoms. The van der Waals surface area contributed by atoms with Gasteiger partial charge in [-0.1, -0.05) is 6.07 Å². The van der Waals surface area contributed by atoms with Gasteiger partial charge < -0.3 is 19.1 Å². The predicted octanol–water partition coefficient (Wildman–Crippen LogP) is 2.36. The molecule has 3 heterocycles. The van der Waals surface area contributed by atoms with E-state index in [4.69, 9.17) is 14.2 Å². The molecule has 1 saturated heterocycles. The Kier molecular flexibility index (Phi) is 5.25. The van der Waals surface area contributed by atoms with E-state index in [0.717, 1.165) is 30.0 Å². The van der Waals surface area contributed by atoms with E-state index >= 15 is 0 Å². The number of ether oxygens (including phenoxy) is 3. The number of amides is 1. The lowest BCUT2D eigenvalue weighted by atomic mass is 9.92. The van der Waals surface area contributed by atoms with Gasteiger partial charge in [-0.05, 0) is 36.6 Å². The van der Waals surface area contributed by atoms with Gasteiger partial charge in [0.2, 0.25) is 0 Å². The summed E-state index contributed by atoms with van der Waals surface area (Å²) < 4.78 is 16.5. The highest BCUT2D eigenvalue weighted by Gasteiger charge is 2.23. The smallest absolute Gasteiger partial charge is 0.254 e. The van der Waals surface area contributed by atoms with E-state index in [9.17, 15) is 4.79 Å². The second-order valence-electron chi connectivity index (χ2n) is 7.00. The Morgan fingerprint density at radius 1 is 1.26 bits per heavy atom. The average molecular weight is 368 g/mol. The first-order valence-corrected chi connectivity index (χ1v) is 9.34. The third-order valence-corrected chi connectivity index (χ3v) is 5.12. The van der Waals surface area contributed by atoms with Crippen LogP contribution in [0.5, 0.6) is 11.5 Å². The van der Waals surface area contributed by atoms with E-state index in [1.807, 2.05) is 23.1 Å². The summed E-state index contributed by atoms with van der Waals surface area (Å²) in [6.45, 7) is 3.14. The Hall–Kier alpha value is -2.60. The standard InChI is InChI=1S/C21H24N2O4/c1-25-19-3-2-16-10-15(14-27-20(16)13-19)11-18-12-17(4-5-22-18)21(24)23-6-8-26-9-7-23/h2-5,12-13,15H,6-11,14H2,1H3. The summed E-state index contributed by atoms with van der Waals surface area (Å²) in [5.41, 5.74) is 2.82. The van der Waals surface area contributed by atoms with Crippen molar-refractivity contribution in [2.24, 2.45) is 5.92 Å². The van der Waals surface area contributed by atoms with Gasteiger partial charge in [-0.15, -0.1) is 0 Å². The quantitative estimate of drug-likeness (QED) is 0.829. The lowest BCUT2D eigenvalue weighted by Crippen LogP contribution is -2.40. The molecule has 1 atom stereocenters. The molecule has 6 heteroatoms. The van der Waals surface area contributed by atoms with Crippen molar-refractivity contribution < 1.29 is 19.0 Å². The zero-order chi connectivity index (χ0) is 18.6. The van der Waals surface area contributed by atoms with E-state index in [2.05, 4.69) is 11.1 Å². The summed E-state index contributed by atoms with van der Waals surface area (Å²) in [7, 11) is 1.66. The van der Waals surface area contributed by atoms with E-state index in [1.54, 1.807) is 19.4 Å². The molecule has 1 unspecified atom stereocenters. The van der Waals surface area contributed by atoms with E-state index in [1.165, 1.54) is 5.56 Å². The van der Waals surface area contributed by atoms with Crippen LogP contribution in [0.3, 0.4) is 0 Å². The summed E-state index contributed by atoms with van der Waals surface area (Å²) in [5, 5.41) is 0. The number of fused-ring (bicyclic) bond motifs is 1. The number of aromatic nitrogens is 1. The first-order chi connectivity index (χ1) is 13.2. The summed E-state index contributed by atoms with van der Waals surface area (Å²) in [5.74, 6) is 2.10. The van der Waals surface area contributed by atoms with Crippen LogP contribution in [-0.2, 0) is 17.6 Å². The van der Waals surface area contributed by atoms with Gasteiger partial charge in [0.25, 0.3) is 5.91 Å². The van der Waals surface area contributed by atoms with Gasteiger partial charge in [0.15, 0.2) is 0 Å². The number of carbonyl (C=O) groups is 1. The molecule has 2 aliphatic heterocycles. The third-order valence-electron chi connectivity index (χ3n) is 5.12. The molecule has 2 aromatic rings. The van der Waals surface area contributed by atoms with Crippen molar-refractivity contribution in [3.63, 3.8) is 0 Å². The van der Waals surface area contributed by atoms with E-state index < -0.39 is 0 Å². The van der Waals surface area contributed by atoms with Crippen LogP contribution in [0.25, 0.3) is 0 Å². The Labute approximate surface area is 159 Å². The van der Waals surface area contributed by atoms with Crippen molar-refractivity contribution in [3.8, 4) is 11.5 Å². The number of methoxy groups -OCH3 is 1. The van der Waals surface area contributed by atoms with Gasteiger partial charge in [0, 0.05) is 42.5 Å². The number of rotatable bonds is 4. The Balaban J connectivity index is 1.43. The van der Waals surface area contributed by atoms with Crippen LogP contribution in [0.1, 0.15) is 21.6 Å². The first-order valence-electron chi connectivity index (χ1n) is 9.34.